The first-order valence-corrected chi connectivity index (χ1v) is 9.54. The van der Waals surface area contributed by atoms with Crippen LogP contribution in [0, 0.1) is 0 Å². The minimum Gasteiger partial charge on any atom is -0.389 e. The number of hydrogen-bond acceptors (Lipinski definition) is 5. The zero-order valence-corrected chi connectivity index (χ0v) is 15.1. The van der Waals surface area contributed by atoms with Gasteiger partial charge >= 0.3 is 0 Å². The average Bonchev–Trinajstić information content (AvgIpc) is 2.88. The van der Waals surface area contributed by atoms with E-state index in [0.29, 0.717) is 17.5 Å². The summed E-state index contributed by atoms with van der Waals surface area (Å²) in [6.07, 6.45) is 1.77. The maximum absolute atomic E-state index is 12.1. The number of sulfonamides is 1. The van der Waals surface area contributed by atoms with Gasteiger partial charge < -0.3 is 10.6 Å². The lowest BCUT2D eigenvalue weighted by Gasteiger charge is -2.20. The number of thiocarbonyl (C=S) groups is 1. The van der Waals surface area contributed by atoms with Gasteiger partial charge in [-0.15, -0.1) is 11.3 Å². The van der Waals surface area contributed by atoms with Crippen molar-refractivity contribution in [3.05, 3.63) is 17.0 Å². The van der Waals surface area contributed by atoms with Gasteiger partial charge in [0.1, 0.15) is 9.20 Å². The highest BCUT2D eigenvalue weighted by molar-refractivity contribution is 7.91. The van der Waals surface area contributed by atoms with Crippen molar-refractivity contribution in [2.24, 2.45) is 5.73 Å². The summed E-state index contributed by atoms with van der Waals surface area (Å²) in [7, 11) is -1.38. The Morgan fingerprint density at radius 1 is 1.43 bits per heavy atom. The van der Waals surface area contributed by atoms with E-state index in [4.69, 9.17) is 18.0 Å². The maximum atomic E-state index is 12.1. The molecule has 1 aromatic rings. The number of unbranched alkanes of at least 4 members (excludes halogenated alkanes) is 1. The monoisotopic (exact) mass is 349 g/mol. The Labute approximate surface area is 136 Å². The van der Waals surface area contributed by atoms with Crippen LogP contribution in [0.1, 0.15) is 31.6 Å². The lowest BCUT2D eigenvalue weighted by Crippen LogP contribution is -2.28. The van der Waals surface area contributed by atoms with E-state index in [9.17, 15) is 8.42 Å². The molecule has 21 heavy (non-hydrogen) atoms. The lowest BCUT2D eigenvalue weighted by atomic mass is 10.2. The Morgan fingerprint density at radius 3 is 2.62 bits per heavy atom. The first kappa shape index (κ1) is 18.5. The van der Waals surface area contributed by atoms with E-state index in [0.717, 1.165) is 30.7 Å². The van der Waals surface area contributed by atoms with Gasteiger partial charge in [-0.2, -0.15) is 0 Å². The van der Waals surface area contributed by atoms with Crippen LogP contribution in [0.3, 0.4) is 0 Å². The molecule has 1 heterocycles. The van der Waals surface area contributed by atoms with Crippen molar-refractivity contribution in [1.82, 2.24) is 9.62 Å². The summed E-state index contributed by atoms with van der Waals surface area (Å²) in [5.74, 6) is 0. The van der Waals surface area contributed by atoms with Crippen molar-refractivity contribution in [1.29, 1.82) is 0 Å². The number of rotatable bonds is 9. The highest BCUT2D eigenvalue weighted by atomic mass is 32.2. The molecule has 0 aliphatic carbocycles. The predicted molar refractivity (Wildman–Crippen MR) is 92.4 cm³/mol. The van der Waals surface area contributed by atoms with Crippen molar-refractivity contribution >= 4 is 38.6 Å². The van der Waals surface area contributed by atoms with Crippen molar-refractivity contribution in [2.75, 3.05) is 20.1 Å². The molecular weight excluding hydrogens is 326 g/mol. The number of hydrogen-bond donors (Lipinski definition) is 2. The third-order valence-electron chi connectivity index (χ3n) is 3.20. The van der Waals surface area contributed by atoms with Gasteiger partial charge in [0.25, 0.3) is 0 Å². The van der Waals surface area contributed by atoms with Crippen molar-refractivity contribution in [3.8, 4) is 0 Å². The van der Waals surface area contributed by atoms with E-state index in [1.807, 2.05) is 0 Å². The molecule has 3 N–H and O–H groups in total. The summed E-state index contributed by atoms with van der Waals surface area (Å²) >= 11 is 5.93. The van der Waals surface area contributed by atoms with Gasteiger partial charge in [0, 0.05) is 12.6 Å². The fraction of sp³-hybridized carbons (Fsp3) is 0.615. The smallest absolute Gasteiger partial charge is 0.250 e. The van der Waals surface area contributed by atoms with Crippen LogP contribution in [0.5, 0.6) is 0 Å². The normalized spacial score (nSPS) is 12.2. The van der Waals surface area contributed by atoms with Gasteiger partial charge in [0.2, 0.25) is 10.0 Å². The first-order valence-electron chi connectivity index (χ1n) is 6.83. The standard InChI is InChI=1S/C13H23N3O2S3/c1-10(2)16(3)9-5-4-8-15-21(17,18)12-7-6-11(20-12)13(14)19/h6-7,10,15H,4-5,8-9H2,1-3H3,(H2,14,19). The maximum Gasteiger partial charge on any atom is 0.250 e. The summed E-state index contributed by atoms with van der Waals surface area (Å²) < 4.78 is 27.0. The molecule has 0 saturated heterocycles. The van der Waals surface area contributed by atoms with E-state index >= 15 is 0 Å². The van der Waals surface area contributed by atoms with Crippen LogP contribution in [0.4, 0.5) is 0 Å². The molecule has 5 nitrogen and oxygen atoms in total. The van der Waals surface area contributed by atoms with Crippen LogP contribution in [0.2, 0.25) is 0 Å². The van der Waals surface area contributed by atoms with Gasteiger partial charge in [-0.25, -0.2) is 13.1 Å². The molecule has 0 unspecified atom stereocenters. The summed E-state index contributed by atoms with van der Waals surface area (Å²) in [6.45, 7) is 5.68. The number of nitrogens with zero attached hydrogens (tertiary/aromatic N) is 1. The molecule has 0 aliphatic rings. The average molecular weight is 350 g/mol. The molecule has 0 aromatic carbocycles. The van der Waals surface area contributed by atoms with Crippen LogP contribution >= 0.6 is 23.6 Å². The van der Waals surface area contributed by atoms with Crippen LogP contribution < -0.4 is 10.5 Å². The third kappa shape index (κ3) is 5.99. The fourth-order valence-electron chi connectivity index (χ4n) is 1.62. The van der Waals surface area contributed by atoms with Crippen LogP contribution in [-0.2, 0) is 10.0 Å². The Balaban J connectivity index is 2.41. The lowest BCUT2D eigenvalue weighted by molar-refractivity contribution is 0.268. The number of nitrogens with two attached hydrogens (primary N) is 1. The highest BCUT2D eigenvalue weighted by Crippen LogP contribution is 2.21. The van der Waals surface area contributed by atoms with Gasteiger partial charge in [0.05, 0.1) is 4.88 Å². The quantitative estimate of drug-likeness (QED) is 0.525. The Morgan fingerprint density at radius 2 is 2.10 bits per heavy atom. The minimum absolute atomic E-state index is 0.221. The van der Waals surface area contributed by atoms with E-state index in [1.54, 1.807) is 6.07 Å². The molecule has 0 atom stereocenters. The van der Waals surface area contributed by atoms with Crippen molar-refractivity contribution < 1.29 is 8.42 Å². The molecule has 0 saturated carbocycles. The summed E-state index contributed by atoms with van der Waals surface area (Å²) in [5, 5.41) is 0. The first-order chi connectivity index (χ1) is 9.74. The Hall–Kier alpha value is -0.540. The second-order valence-electron chi connectivity index (χ2n) is 5.16. The summed E-state index contributed by atoms with van der Waals surface area (Å²) in [5.41, 5.74) is 5.48. The van der Waals surface area contributed by atoms with Gasteiger partial charge in [-0.05, 0) is 52.4 Å². The fourth-order valence-corrected chi connectivity index (χ4v) is 4.09. The highest BCUT2D eigenvalue weighted by Gasteiger charge is 2.16. The molecule has 1 aromatic heterocycles. The molecule has 8 heteroatoms. The van der Waals surface area contributed by atoms with Crippen molar-refractivity contribution in [2.45, 2.75) is 36.9 Å². The second kappa shape index (κ2) is 8.19. The Kier molecular flexibility index (Phi) is 7.22. The number of nitrogens with one attached hydrogen (secondary N) is 1. The minimum atomic E-state index is -3.45. The van der Waals surface area contributed by atoms with Crippen LogP contribution in [0.25, 0.3) is 0 Å². The van der Waals surface area contributed by atoms with Crippen molar-refractivity contribution in [3.63, 3.8) is 0 Å². The van der Waals surface area contributed by atoms with E-state index < -0.39 is 10.0 Å². The van der Waals surface area contributed by atoms with E-state index in [2.05, 4.69) is 30.5 Å². The van der Waals surface area contributed by atoms with Crippen LogP contribution in [-0.4, -0.2) is 44.5 Å². The molecule has 0 spiro atoms. The molecule has 120 valence electrons. The predicted octanol–water partition coefficient (Wildman–Crippen LogP) is 1.78. The molecule has 0 amide bonds. The largest absolute Gasteiger partial charge is 0.389 e. The van der Waals surface area contributed by atoms with Crippen LogP contribution in [0.15, 0.2) is 16.3 Å². The third-order valence-corrected chi connectivity index (χ3v) is 6.62. The topological polar surface area (TPSA) is 75.4 Å². The van der Waals surface area contributed by atoms with Gasteiger partial charge in [-0.1, -0.05) is 12.2 Å². The zero-order valence-electron chi connectivity index (χ0n) is 12.6. The summed E-state index contributed by atoms with van der Waals surface area (Å²) in [4.78, 5) is 3.07. The van der Waals surface area contributed by atoms with Gasteiger partial charge in [-0.3, -0.25) is 0 Å². The Bertz CT molecular complexity index is 567. The molecule has 1 rings (SSSR count). The molecule has 0 radical (unpaired) electrons. The molecule has 0 bridgehead atoms. The molecule has 0 fully saturated rings. The summed E-state index contributed by atoms with van der Waals surface area (Å²) in [6, 6.07) is 3.68. The molecule has 0 aliphatic heterocycles. The SMILES string of the molecule is CC(C)N(C)CCCCNS(=O)(=O)c1ccc(C(N)=S)s1. The molecular formula is C13H23N3O2S3. The van der Waals surface area contributed by atoms with E-state index in [1.165, 1.54) is 6.07 Å². The van der Waals surface area contributed by atoms with E-state index in [-0.39, 0.29) is 9.20 Å². The second-order valence-corrected chi connectivity index (χ2v) is 8.68. The number of thiophene rings is 1. The van der Waals surface area contributed by atoms with Gasteiger partial charge in [0.15, 0.2) is 0 Å². The zero-order chi connectivity index (χ0) is 16.0.